The molecule has 0 aliphatic carbocycles. The molecule has 0 saturated carbocycles. The van der Waals surface area contributed by atoms with Gasteiger partial charge in [-0.2, -0.15) is 0 Å². The van der Waals surface area contributed by atoms with Crippen molar-refractivity contribution in [2.75, 3.05) is 18.5 Å². The van der Waals surface area contributed by atoms with Crippen molar-refractivity contribution in [1.29, 1.82) is 0 Å². The van der Waals surface area contributed by atoms with E-state index in [1.807, 2.05) is 31.2 Å². The van der Waals surface area contributed by atoms with Crippen LogP contribution in [-0.2, 0) is 14.3 Å². The Kier molecular flexibility index (Phi) is 7.44. The van der Waals surface area contributed by atoms with Crippen LogP contribution in [0.4, 0.5) is 5.00 Å². The molecule has 1 heterocycles. The number of hydrogen-bond acceptors (Lipinski definition) is 6. The number of carbonyl (C=O) groups excluding carboxylic acids is 3. The van der Waals surface area contributed by atoms with Crippen LogP contribution < -0.4 is 5.32 Å². The second kappa shape index (κ2) is 10.2. The van der Waals surface area contributed by atoms with Crippen LogP contribution in [0.1, 0.15) is 33.2 Å². The topological polar surface area (TPSA) is 81.7 Å². The lowest BCUT2D eigenvalue weighted by Crippen LogP contribution is -2.22. The minimum atomic E-state index is -0.710. The smallest absolute Gasteiger partial charge is 0.341 e. The van der Waals surface area contributed by atoms with Crippen LogP contribution in [-0.4, -0.2) is 31.1 Å². The summed E-state index contributed by atoms with van der Waals surface area (Å²) in [5.74, 6) is -1.83. The first-order valence-corrected chi connectivity index (χ1v) is 10.7. The minimum absolute atomic E-state index is 0.168. The lowest BCUT2D eigenvalue weighted by molar-refractivity contribution is -0.119. The first-order valence-electron chi connectivity index (χ1n) is 9.47. The maximum absolute atomic E-state index is 12.6. The Morgan fingerprint density at radius 1 is 1.00 bits per heavy atom. The molecule has 0 radical (unpaired) electrons. The minimum Gasteiger partial charge on any atom is -0.462 e. The number of amides is 1. The third-order valence-electron chi connectivity index (χ3n) is 4.31. The number of aryl methyl sites for hydroxylation is 1. The maximum atomic E-state index is 12.6. The second-order valence-corrected chi connectivity index (χ2v) is 7.83. The van der Waals surface area contributed by atoms with Gasteiger partial charge in [0.1, 0.15) is 10.6 Å². The molecule has 6 nitrogen and oxygen atoms in total. The molecule has 1 aromatic heterocycles. The number of nitrogens with one attached hydrogen (secondary N) is 1. The molecular formula is C23H20ClNO5S. The van der Waals surface area contributed by atoms with Gasteiger partial charge >= 0.3 is 11.9 Å². The number of thiophene rings is 1. The van der Waals surface area contributed by atoms with E-state index in [2.05, 4.69) is 5.32 Å². The van der Waals surface area contributed by atoms with Gasteiger partial charge in [-0.3, -0.25) is 4.79 Å². The van der Waals surface area contributed by atoms with E-state index in [0.717, 1.165) is 11.1 Å². The summed E-state index contributed by atoms with van der Waals surface area (Å²) >= 11 is 7.17. The van der Waals surface area contributed by atoms with E-state index in [-0.39, 0.29) is 22.8 Å². The van der Waals surface area contributed by atoms with E-state index in [1.165, 1.54) is 17.4 Å². The van der Waals surface area contributed by atoms with Gasteiger partial charge in [-0.1, -0.05) is 53.6 Å². The van der Waals surface area contributed by atoms with E-state index in [4.69, 9.17) is 21.1 Å². The van der Waals surface area contributed by atoms with Crippen LogP contribution in [0, 0.1) is 6.92 Å². The van der Waals surface area contributed by atoms with Crippen molar-refractivity contribution in [2.45, 2.75) is 13.8 Å². The highest BCUT2D eigenvalue weighted by molar-refractivity contribution is 7.15. The van der Waals surface area contributed by atoms with Crippen LogP contribution >= 0.6 is 22.9 Å². The molecule has 8 heteroatoms. The van der Waals surface area contributed by atoms with E-state index in [1.54, 1.807) is 30.5 Å². The van der Waals surface area contributed by atoms with Gasteiger partial charge in [0.25, 0.3) is 5.91 Å². The fourth-order valence-electron chi connectivity index (χ4n) is 2.80. The Balaban J connectivity index is 1.76. The Morgan fingerprint density at radius 3 is 2.39 bits per heavy atom. The van der Waals surface area contributed by atoms with Crippen LogP contribution in [0.25, 0.3) is 11.1 Å². The van der Waals surface area contributed by atoms with Crippen LogP contribution in [0.5, 0.6) is 0 Å². The first-order chi connectivity index (χ1) is 14.9. The number of carbonyl (C=O) groups is 3. The number of esters is 2. The molecule has 0 unspecified atom stereocenters. The van der Waals surface area contributed by atoms with Gasteiger partial charge in [0.05, 0.1) is 17.2 Å². The van der Waals surface area contributed by atoms with Crippen molar-refractivity contribution in [2.24, 2.45) is 0 Å². The monoisotopic (exact) mass is 457 g/mol. The summed E-state index contributed by atoms with van der Waals surface area (Å²) in [6.07, 6.45) is 0. The zero-order chi connectivity index (χ0) is 22.4. The second-order valence-electron chi connectivity index (χ2n) is 6.54. The molecule has 3 rings (SSSR count). The van der Waals surface area contributed by atoms with Crippen molar-refractivity contribution in [1.82, 2.24) is 0 Å². The molecule has 0 aliphatic rings. The first kappa shape index (κ1) is 22.5. The fraction of sp³-hybridized carbons (Fsp3) is 0.174. The highest BCUT2D eigenvalue weighted by Crippen LogP contribution is 2.36. The number of rotatable bonds is 7. The molecule has 0 aliphatic heterocycles. The van der Waals surface area contributed by atoms with Crippen molar-refractivity contribution < 1.29 is 23.9 Å². The molecule has 0 atom stereocenters. The molecule has 0 saturated heterocycles. The molecule has 1 N–H and O–H groups in total. The molecule has 31 heavy (non-hydrogen) atoms. The number of anilines is 1. The lowest BCUT2D eigenvalue weighted by Gasteiger charge is -2.10. The Morgan fingerprint density at radius 2 is 1.71 bits per heavy atom. The number of benzene rings is 2. The van der Waals surface area contributed by atoms with Gasteiger partial charge in [-0.15, -0.1) is 11.3 Å². The van der Waals surface area contributed by atoms with Gasteiger partial charge in [-0.25, -0.2) is 9.59 Å². The van der Waals surface area contributed by atoms with E-state index in [0.29, 0.717) is 10.6 Å². The third kappa shape index (κ3) is 5.51. The molecule has 0 spiro atoms. The Labute approximate surface area is 188 Å². The standard InChI is InChI=1S/C23H20ClNO5S/c1-3-29-23(28)20-17(15-10-8-14(2)9-11-15)13-31-21(20)25-19(26)12-30-22(27)16-6-4-5-7-18(16)24/h4-11,13H,3,12H2,1-2H3,(H,25,26). The molecule has 160 valence electrons. The SMILES string of the molecule is CCOC(=O)c1c(-c2ccc(C)cc2)csc1NC(=O)COC(=O)c1ccccc1Cl. The summed E-state index contributed by atoms with van der Waals surface area (Å²) in [4.78, 5) is 37.1. The average molecular weight is 458 g/mol. The third-order valence-corrected chi connectivity index (χ3v) is 5.54. The van der Waals surface area contributed by atoms with Crippen LogP contribution in [0.3, 0.4) is 0 Å². The summed E-state index contributed by atoms with van der Waals surface area (Å²) in [7, 11) is 0. The number of hydrogen-bond donors (Lipinski definition) is 1. The van der Waals surface area contributed by atoms with E-state index >= 15 is 0 Å². The molecule has 0 fully saturated rings. The zero-order valence-electron chi connectivity index (χ0n) is 16.9. The summed E-state index contributed by atoms with van der Waals surface area (Å²) in [5.41, 5.74) is 3.01. The van der Waals surface area contributed by atoms with Gasteiger partial charge in [0.2, 0.25) is 0 Å². The van der Waals surface area contributed by atoms with Gasteiger partial charge in [0.15, 0.2) is 6.61 Å². The highest BCUT2D eigenvalue weighted by Gasteiger charge is 2.23. The number of ether oxygens (including phenoxy) is 2. The highest BCUT2D eigenvalue weighted by atomic mass is 35.5. The largest absolute Gasteiger partial charge is 0.462 e. The van der Waals surface area contributed by atoms with Crippen molar-refractivity contribution in [3.63, 3.8) is 0 Å². The summed E-state index contributed by atoms with van der Waals surface area (Å²) in [6, 6.07) is 14.1. The van der Waals surface area contributed by atoms with Gasteiger partial charge in [0, 0.05) is 10.9 Å². The number of halogens is 1. The predicted octanol–water partition coefficient (Wildman–Crippen LogP) is 5.35. The molecule has 3 aromatic rings. The van der Waals surface area contributed by atoms with E-state index < -0.39 is 24.5 Å². The van der Waals surface area contributed by atoms with Crippen LogP contribution in [0.2, 0.25) is 5.02 Å². The molecular weight excluding hydrogens is 438 g/mol. The normalized spacial score (nSPS) is 10.4. The van der Waals surface area contributed by atoms with Crippen molar-refractivity contribution in [3.05, 3.63) is 75.6 Å². The predicted molar refractivity (Wildman–Crippen MR) is 121 cm³/mol. The van der Waals surface area contributed by atoms with E-state index in [9.17, 15) is 14.4 Å². The Hall–Kier alpha value is -3.16. The van der Waals surface area contributed by atoms with Crippen LogP contribution in [0.15, 0.2) is 53.9 Å². The summed E-state index contributed by atoms with van der Waals surface area (Å²) in [5, 5.41) is 4.98. The van der Waals surface area contributed by atoms with Crippen molar-refractivity contribution >= 4 is 45.8 Å². The van der Waals surface area contributed by atoms with Gasteiger partial charge < -0.3 is 14.8 Å². The molecule has 2 aromatic carbocycles. The summed E-state index contributed by atoms with van der Waals surface area (Å²) in [6.45, 7) is 3.36. The average Bonchev–Trinajstić information content (AvgIpc) is 3.16. The fourth-order valence-corrected chi connectivity index (χ4v) is 3.99. The van der Waals surface area contributed by atoms with Crippen molar-refractivity contribution in [3.8, 4) is 11.1 Å². The molecule has 1 amide bonds. The quantitative estimate of drug-likeness (QED) is 0.483. The molecule has 0 bridgehead atoms. The summed E-state index contributed by atoms with van der Waals surface area (Å²) < 4.78 is 10.2. The maximum Gasteiger partial charge on any atom is 0.341 e. The lowest BCUT2D eigenvalue weighted by atomic mass is 10.0. The van der Waals surface area contributed by atoms with Gasteiger partial charge in [-0.05, 0) is 31.5 Å². The zero-order valence-corrected chi connectivity index (χ0v) is 18.5. The Bertz CT molecular complexity index is 1110.